The third-order valence-corrected chi connectivity index (χ3v) is 13.8. The van der Waals surface area contributed by atoms with Gasteiger partial charge in [0, 0.05) is 34.3 Å². The third kappa shape index (κ3) is 8.36. The lowest BCUT2D eigenvalue weighted by Crippen LogP contribution is -2.14. The Morgan fingerprint density at radius 3 is 0.782 bits per heavy atom. The first-order valence-corrected chi connectivity index (χ1v) is 23.9. The quantitative estimate of drug-likeness (QED) is 0.0995. The lowest BCUT2D eigenvalue weighted by atomic mass is 9.91. The van der Waals surface area contributed by atoms with Crippen LogP contribution < -0.4 is 9.80 Å². The molecule has 0 amide bonds. The normalized spacial score (nSPS) is 11.6. The van der Waals surface area contributed by atoms with Crippen molar-refractivity contribution in [2.24, 2.45) is 0 Å². The minimum Gasteiger partial charge on any atom is -0.307 e. The molecule has 0 radical (unpaired) electrons. The van der Waals surface area contributed by atoms with Crippen molar-refractivity contribution >= 4 is 66.4 Å². The van der Waals surface area contributed by atoms with Gasteiger partial charge in [-0.15, -0.1) is 0 Å². The van der Waals surface area contributed by atoms with E-state index in [1.165, 1.54) is 46.2 Å². The van der Waals surface area contributed by atoms with E-state index in [0.717, 1.165) is 97.1 Å². The molecule has 12 aromatic rings. The van der Waals surface area contributed by atoms with E-state index in [2.05, 4.69) is 0 Å². The Balaban J connectivity index is 1.15. The lowest BCUT2D eigenvalue weighted by molar-refractivity contribution is 0.583. The van der Waals surface area contributed by atoms with Gasteiger partial charge in [-0.2, -0.15) is 0 Å². The van der Waals surface area contributed by atoms with Gasteiger partial charge in [0.25, 0.3) is 0 Å². The fourth-order valence-corrected chi connectivity index (χ4v) is 10.5. The van der Waals surface area contributed by atoms with Crippen LogP contribution in [0.1, 0.15) is 0 Å². The Morgan fingerprint density at radius 1 is 0.231 bits per heavy atom. The smallest absolute Gasteiger partial charge is 0.150 e. The minimum absolute atomic E-state index is 0.0831. The molecule has 0 spiro atoms. The van der Waals surface area contributed by atoms with Gasteiger partial charge in [0.05, 0.1) is 45.0 Å². The Kier molecular flexibility index (Phi) is 12.2. The second-order valence-electron chi connectivity index (χ2n) is 18.4. The summed E-state index contributed by atoms with van der Waals surface area (Å²) < 4.78 is 189. The fraction of sp³-hybridized carbons (Fsp3) is 0. The maximum Gasteiger partial charge on any atom is 0.150 e. The Morgan fingerprint density at radius 2 is 0.500 bits per heavy atom. The van der Waals surface area contributed by atoms with E-state index in [0.29, 0.717) is 44.5 Å². The fourth-order valence-electron chi connectivity index (χ4n) is 10.5. The second-order valence-corrected chi connectivity index (χ2v) is 18.4. The van der Waals surface area contributed by atoms with E-state index >= 15 is 43.9 Å². The Hall–Kier alpha value is -9.56. The number of benzene rings is 12. The maximum atomic E-state index is 16.6. The molecule has 14 heteroatoms. The summed E-state index contributed by atoms with van der Waals surface area (Å²) in [7, 11) is 0. The van der Waals surface area contributed by atoms with Gasteiger partial charge in [0.2, 0.25) is 0 Å². The van der Waals surface area contributed by atoms with Gasteiger partial charge in [0.15, 0.2) is 0 Å². The van der Waals surface area contributed by atoms with Crippen LogP contribution in [0.15, 0.2) is 194 Å². The molecule has 12 rings (SSSR count). The zero-order valence-corrected chi connectivity index (χ0v) is 39.9. The van der Waals surface area contributed by atoms with Crippen molar-refractivity contribution in [1.82, 2.24) is 0 Å². The molecule has 0 heterocycles. The molecule has 78 heavy (non-hydrogen) atoms. The summed E-state index contributed by atoms with van der Waals surface area (Å²) in [5.41, 5.74) is -3.54. The summed E-state index contributed by atoms with van der Waals surface area (Å²) in [6, 6.07) is 38.9. The Bertz CT molecular complexity index is 3910. The molecule has 0 saturated heterocycles. The number of hydrogen-bond acceptors (Lipinski definition) is 2. The van der Waals surface area contributed by atoms with Gasteiger partial charge in [0.1, 0.15) is 69.8 Å². The summed E-state index contributed by atoms with van der Waals surface area (Å²) in [5.74, 6) is -12.3. The Labute approximate surface area is 435 Å². The minimum atomic E-state index is -1.10. The first-order chi connectivity index (χ1) is 37.6. The number of rotatable bonds is 10. The summed E-state index contributed by atoms with van der Waals surface area (Å²) >= 11 is 0. The van der Waals surface area contributed by atoms with Crippen LogP contribution in [0.25, 0.3) is 76.8 Å². The van der Waals surface area contributed by atoms with E-state index < -0.39 is 92.1 Å². The van der Waals surface area contributed by atoms with Crippen LogP contribution in [-0.2, 0) is 0 Å². The van der Waals surface area contributed by atoms with Crippen molar-refractivity contribution in [2.75, 3.05) is 9.80 Å². The monoisotopic (exact) mass is 1060 g/mol. The van der Waals surface area contributed by atoms with E-state index in [4.69, 9.17) is 0 Å². The van der Waals surface area contributed by atoms with E-state index in [1.54, 1.807) is 48.5 Å². The van der Waals surface area contributed by atoms with E-state index in [9.17, 15) is 8.78 Å². The topological polar surface area (TPSA) is 6.48 Å². The predicted octanol–water partition coefficient (Wildman–Crippen LogP) is 19.9. The predicted molar refractivity (Wildman–Crippen MR) is 281 cm³/mol. The molecule has 0 saturated carbocycles. The largest absolute Gasteiger partial charge is 0.307 e. The molecule has 0 fully saturated rings. The molecule has 2 nitrogen and oxygen atoms in total. The van der Waals surface area contributed by atoms with Gasteiger partial charge in [-0.05, 0) is 165 Å². The molecule has 382 valence electrons. The zero-order valence-electron chi connectivity index (χ0n) is 39.9. The van der Waals surface area contributed by atoms with E-state index in [-0.39, 0.29) is 56.4 Å². The highest BCUT2D eigenvalue weighted by atomic mass is 19.2. The number of halogens is 12. The standard InChI is InChI=1S/C64H32F12N2/c65-39-17-23-57(53(75)31-39)77(41-27-35(61-45(67)5-1-6-46(61)68)25-36(28-41)62-47(69)7-2-8-48(62)70)55-21-15-33-14-20-44-56(22-16-34-13-19-43(55)59(33)60(34)44)78(58-24-18-40(66)32-54(58)76)42-29-37(63-49(71)9-3-10-50(63)72)26-38(30-42)64-51(73)11-4-12-52(64)74/h1-32H. The number of hydrogen-bond donors (Lipinski definition) is 0. The molecule has 0 aliphatic carbocycles. The van der Waals surface area contributed by atoms with Gasteiger partial charge in [-0.25, -0.2) is 52.7 Å². The molecule has 0 atom stereocenters. The highest BCUT2D eigenvalue weighted by molar-refractivity contribution is 6.28. The first-order valence-electron chi connectivity index (χ1n) is 23.9. The third-order valence-electron chi connectivity index (χ3n) is 13.8. The highest BCUT2D eigenvalue weighted by Gasteiger charge is 2.28. The summed E-state index contributed by atoms with van der Waals surface area (Å²) in [6.45, 7) is 0. The summed E-state index contributed by atoms with van der Waals surface area (Å²) in [5, 5.41) is 2.83. The van der Waals surface area contributed by atoms with Gasteiger partial charge >= 0.3 is 0 Å². The van der Waals surface area contributed by atoms with Crippen LogP contribution in [0.5, 0.6) is 0 Å². The first kappa shape index (κ1) is 49.3. The van der Waals surface area contributed by atoms with E-state index in [1.807, 2.05) is 0 Å². The van der Waals surface area contributed by atoms with Crippen molar-refractivity contribution < 1.29 is 52.7 Å². The van der Waals surface area contributed by atoms with Gasteiger partial charge in [-0.1, -0.05) is 60.7 Å². The molecule has 0 aliphatic heterocycles. The summed E-state index contributed by atoms with van der Waals surface area (Å²) in [6.07, 6.45) is 0. The van der Waals surface area contributed by atoms with Crippen molar-refractivity contribution in [2.45, 2.75) is 0 Å². The summed E-state index contributed by atoms with van der Waals surface area (Å²) in [4.78, 5) is 2.62. The molecule has 0 bridgehead atoms. The molecular formula is C64H32F12N2. The SMILES string of the molecule is Fc1ccc(N(c2cc(-c3c(F)cccc3F)cc(-c3c(F)cccc3F)c2)c2ccc3ccc4c(N(c5cc(-c6c(F)cccc6F)cc(-c6c(F)cccc6F)c5)c5ccc(F)cc5F)ccc5ccc2c3c54)c(F)c1. The number of anilines is 6. The maximum absolute atomic E-state index is 16.6. The molecule has 0 N–H and O–H groups in total. The lowest BCUT2D eigenvalue weighted by Gasteiger charge is -2.30. The van der Waals surface area contributed by atoms with Crippen molar-refractivity contribution in [3.8, 4) is 44.5 Å². The average molecular weight is 1060 g/mol. The molecule has 0 unspecified atom stereocenters. The van der Waals surface area contributed by atoms with Crippen molar-refractivity contribution in [3.63, 3.8) is 0 Å². The van der Waals surface area contributed by atoms with Gasteiger partial charge in [-0.3, -0.25) is 0 Å². The zero-order chi connectivity index (χ0) is 54.3. The van der Waals surface area contributed by atoms with Crippen LogP contribution in [-0.4, -0.2) is 0 Å². The highest BCUT2D eigenvalue weighted by Crippen LogP contribution is 2.51. The second kappa shape index (κ2) is 19.2. The van der Waals surface area contributed by atoms with Crippen molar-refractivity contribution in [1.29, 1.82) is 0 Å². The van der Waals surface area contributed by atoms with Crippen LogP contribution in [0.4, 0.5) is 86.8 Å². The van der Waals surface area contributed by atoms with Crippen LogP contribution in [0.2, 0.25) is 0 Å². The van der Waals surface area contributed by atoms with Crippen LogP contribution in [0, 0.1) is 69.8 Å². The van der Waals surface area contributed by atoms with Crippen molar-refractivity contribution in [3.05, 3.63) is 264 Å². The molecule has 0 aliphatic rings. The van der Waals surface area contributed by atoms with Crippen LogP contribution in [0.3, 0.4) is 0 Å². The molecule has 0 aromatic heterocycles. The number of nitrogens with zero attached hydrogens (tertiary/aromatic N) is 2. The average Bonchev–Trinajstić information content (AvgIpc) is 3.59. The van der Waals surface area contributed by atoms with Gasteiger partial charge < -0.3 is 9.80 Å². The van der Waals surface area contributed by atoms with Crippen LogP contribution >= 0.6 is 0 Å². The molecule has 12 aromatic carbocycles. The molecular weight excluding hydrogens is 1020 g/mol.